The Morgan fingerprint density at radius 1 is 1.28 bits per heavy atom. The number of carbonyl (C=O) groups excluding carboxylic acids is 2. The average Bonchev–Trinajstić information content (AvgIpc) is 3.69. The largest absolute Gasteiger partial charge is 0.453 e. The van der Waals surface area contributed by atoms with E-state index in [0.29, 0.717) is 19.6 Å². The van der Waals surface area contributed by atoms with E-state index in [-0.39, 0.29) is 29.9 Å². The lowest BCUT2D eigenvalue weighted by atomic mass is 9.79. The zero-order valence-corrected chi connectivity index (χ0v) is 22.8. The van der Waals surface area contributed by atoms with Crippen LogP contribution in [0, 0.1) is 11.3 Å². The van der Waals surface area contributed by atoms with Crippen molar-refractivity contribution in [2.75, 3.05) is 32.8 Å². The number of nitrogens with one attached hydrogen (secondary N) is 1. The minimum absolute atomic E-state index is 0.0646. The van der Waals surface area contributed by atoms with Gasteiger partial charge in [-0.2, -0.15) is 5.26 Å². The maximum Gasteiger partial charge on any atom is 0.453 e. The minimum Gasteiger partial charge on any atom is -0.444 e. The van der Waals surface area contributed by atoms with Crippen LogP contribution < -0.4 is 5.32 Å². The number of nitriles is 1. The van der Waals surface area contributed by atoms with E-state index >= 15 is 0 Å². The molecule has 11 heteroatoms. The van der Waals surface area contributed by atoms with Crippen molar-refractivity contribution in [3.63, 3.8) is 0 Å². The third kappa shape index (κ3) is 7.82. The molecule has 3 fully saturated rings. The van der Waals surface area contributed by atoms with Crippen LogP contribution in [0.2, 0.25) is 6.32 Å². The van der Waals surface area contributed by atoms with E-state index < -0.39 is 30.9 Å². The van der Waals surface area contributed by atoms with Gasteiger partial charge in [0.2, 0.25) is 0 Å². The Balaban J connectivity index is 1.39. The normalized spacial score (nSPS) is 22.4. The summed E-state index contributed by atoms with van der Waals surface area (Å²) in [7, 11) is -1.60. The summed E-state index contributed by atoms with van der Waals surface area (Å²) < 4.78 is 11.6. The molecule has 1 aromatic rings. The van der Waals surface area contributed by atoms with Crippen molar-refractivity contribution in [1.82, 2.24) is 15.1 Å². The minimum atomic E-state index is -1.60. The van der Waals surface area contributed by atoms with E-state index in [1.807, 2.05) is 19.9 Å². The van der Waals surface area contributed by atoms with Crippen LogP contribution in [-0.2, 0) is 14.3 Å². The molecular weight excluding hydrogens is 499 g/mol. The summed E-state index contributed by atoms with van der Waals surface area (Å²) in [5.74, 6) is -0.360. The molecular formula is C28H39BN4O6. The Morgan fingerprint density at radius 3 is 2.69 bits per heavy atom. The highest BCUT2D eigenvalue weighted by Gasteiger charge is 2.49. The quantitative estimate of drug-likeness (QED) is 0.261. The molecule has 0 aromatic heterocycles. The predicted molar refractivity (Wildman–Crippen MR) is 145 cm³/mol. The lowest BCUT2D eigenvalue weighted by Crippen LogP contribution is -2.53. The zero-order valence-electron chi connectivity index (χ0n) is 22.8. The summed E-state index contributed by atoms with van der Waals surface area (Å²) >= 11 is 0. The van der Waals surface area contributed by atoms with Crippen LogP contribution in [0.5, 0.6) is 0 Å². The number of nitrogens with zero attached hydrogens (tertiary/aromatic N) is 3. The second-order valence-corrected chi connectivity index (χ2v) is 11.4. The fourth-order valence-electron chi connectivity index (χ4n) is 5.42. The molecule has 2 heterocycles. The molecule has 2 aliphatic heterocycles. The summed E-state index contributed by atoms with van der Waals surface area (Å²) in [6.45, 7) is 6.87. The number of benzene rings is 1. The van der Waals surface area contributed by atoms with E-state index in [9.17, 15) is 24.9 Å². The first-order valence-electron chi connectivity index (χ1n) is 13.8. The van der Waals surface area contributed by atoms with E-state index in [0.717, 1.165) is 44.3 Å². The van der Waals surface area contributed by atoms with Gasteiger partial charge in [-0.25, -0.2) is 4.79 Å². The molecule has 1 aliphatic carbocycles. The van der Waals surface area contributed by atoms with Gasteiger partial charge in [0, 0.05) is 31.5 Å². The first-order valence-corrected chi connectivity index (χ1v) is 13.8. The van der Waals surface area contributed by atoms with Gasteiger partial charge in [-0.05, 0) is 57.6 Å². The highest BCUT2D eigenvalue weighted by atomic mass is 16.6. The number of alkyl carbamates (subject to hydrolysis) is 1. The molecule has 1 aromatic carbocycles. The highest BCUT2D eigenvalue weighted by molar-refractivity contribution is 6.41. The fraction of sp³-hybridized carbons (Fsp3) is 0.607. The molecule has 2 saturated heterocycles. The number of carbonyl (C=O) groups is 2. The van der Waals surface area contributed by atoms with E-state index in [2.05, 4.69) is 16.3 Å². The predicted octanol–water partition coefficient (Wildman–Crippen LogP) is 2.40. The van der Waals surface area contributed by atoms with Crippen LogP contribution >= 0.6 is 0 Å². The third-order valence-corrected chi connectivity index (χ3v) is 7.85. The second-order valence-electron chi connectivity index (χ2n) is 11.4. The zero-order chi connectivity index (χ0) is 28.0. The molecule has 4 rings (SSSR count). The van der Waals surface area contributed by atoms with Crippen molar-refractivity contribution in [3.8, 4) is 6.07 Å². The van der Waals surface area contributed by atoms with Crippen molar-refractivity contribution < 1.29 is 29.1 Å². The van der Waals surface area contributed by atoms with E-state index in [1.165, 1.54) is 0 Å². The number of hydrogen-bond acceptors (Lipinski definition) is 8. The van der Waals surface area contributed by atoms with E-state index in [4.69, 9.17) is 9.47 Å². The number of morpholine rings is 1. The topological polar surface area (TPSA) is 135 Å². The molecule has 210 valence electrons. The molecule has 0 unspecified atom stereocenters. The summed E-state index contributed by atoms with van der Waals surface area (Å²) in [5.41, 5.74) is 0.248. The maximum absolute atomic E-state index is 13.5. The van der Waals surface area contributed by atoms with Gasteiger partial charge in [-0.15, -0.1) is 0 Å². The van der Waals surface area contributed by atoms with Gasteiger partial charge < -0.3 is 29.7 Å². The van der Waals surface area contributed by atoms with Crippen LogP contribution in [-0.4, -0.2) is 89.0 Å². The Hall–Kier alpha value is -2.91. The van der Waals surface area contributed by atoms with Crippen molar-refractivity contribution in [1.29, 1.82) is 5.26 Å². The van der Waals surface area contributed by atoms with Gasteiger partial charge in [-0.1, -0.05) is 30.3 Å². The van der Waals surface area contributed by atoms with Gasteiger partial charge in [0.05, 0.1) is 24.8 Å². The molecule has 10 nitrogen and oxygen atoms in total. The molecule has 1 spiro atoms. The lowest BCUT2D eigenvalue weighted by molar-refractivity contribution is -0.128. The molecule has 39 heavy (non-hydrogen) atoms. The van der Waals surface area contributed by atoms with Crippen molar-refractivity contribution in [3.05, 3.63) is 47.5 Å². The Bertz CT molecular complexity index is 1090. The van der Waals surface area contributed by atoms with Crippen LogP contribution in [0.15, 0.2) is 42.0 Å². The van der Waals surface area contributed by atoms with Gasteiger partial charge in [0.25, 0.3) is 5.91 Å². The fourth-order valence-corrected chi connectivity index (χ4v) is 5.42. The number of amides is 2. The molecule has 3 N–H and O–H groups in total. The summed E-state index contributed by atoms with van der Waals surface area (Å²) in [6, 6.07) is 10.5. The molecule has 3 aliphatic rings. The lowest BCUT2D eigenvalue weighted by Gasteiger charge is -2.42. The molecule has 1 saturated carbocycles. The van der Waals surface area contributed by atoms with Crippen LogP contribution in [0.25, 0.3) is 0 Å². The number of rotatable bonds is 8. The Kier molecular flexibility index (Phi) is 9.33. The summed E-state index contributed by atoms with van der Waals surface area (Å²) in [5, 5.41) is 31.6. The monoisotopic (exact) mass is 538 g/mol. The molecule has 0 bridgehead atoms. The molecule has 2 amide bonds. The molecule has 2 atom stereocenters. The first-order chi connectivity index (χ1) is 18.6. The van der Waals surface area contributed by atoms with Crippen molar-refractivity contribution in [2.24, 2.45) is 0 Å². The Morgan fingerprint density at radius 2 is 2.03 bits per heavy atom. The smallest absolute Gasteiger partial charge is 0.444 e. The van der Waals surface area contributed by atoms with E-state index in [1.54, 1.807) is 35.2 Å². The summed E-state index contributed by atoms with van der Waals surface area (Å²) in [4.78, 5) is 30.2. The van der Waals surface area contributed by atoms with Crippen LogP contribution in [0.1, 0.15) is 57.6 Å². The van der Waals surface area contributed by atoms with Crippen molar-refractivity contribution in [2.45, 2.75) is 75.6 Å². The van der Waals surface area contributed by atoms with Crippen LogP contribution in [0.4, 0.5) is 4.79 Å². The standard InChI is InChI=1S/C28H39BN4O6/c1-27(2,33-14-15-38-28(20-33)11-12-28)16-22(18-30)25(34)32-13-7-6-10-23(19-32)39-26(35)31-24(17-29(36)37)21-8-4-3-5-9-21/h3-5,8-9,16,23-24,36-37H,6-7,10-15,17,19-20H2,1-2H3,(H,31,35)/t23-,24-/m1/s1. The number of likely N-dealkylation sites (tertiary alicyclic amines) is 1. The SMILES string of the molecule is CC(C)(C=C(C#N)C(=O)N1CCCC[C@@H](OC(=O)N[C@H](CB(O)O)c2ccccc2)C1)N1CCOC2(CC2)C1. The van der Waals surface area contributed by atoms with Gasteiger partial charge >= 0.3 is 13.2 Å². The maximum atomic E-state index is 13.5. The van der Waals surface area contributed by atoms with Gasteiger partial charge in [0.1, 0.15) is 17.7 Å². The number of hydrogen-bond donors (Lipinski definition) is 3. The average molecular weight is 538 g/mol. The first kappa shape index (κ1) is 29.1. The number of ether oxygens (including phenoxy) is 2. The van der Waals surface area contributed by atoms with Gasteiger partial charge in [-0.3, -0.25) is 9.69 Å². The molecule has 0 radical (unpaired) electrons. The van der Waals surface area contributed by atoms with Gasteiger partial charge in [0.15, 0.2) is 0 Å². The highest BCUT2D eigenvalue weighted by Crippen LogP contribution is 2.43. The van der Waals surface area contributed by atoms with Crippen molar-refractivity contribution >= 4 is 19.1 Å². The van der Waals surface area contributed by atoms with Crippen LogP contribution in [0.3, 0.4) is 0 Å². The third-order valence-electron chi connectivity index (χ3n) is 7.85. The Labute approximate surface area is 230 Å². The summed E-state index contributed by atoms with van der Waals surface area (Å²) in [6.07, 6.45) is 4.61. The second kappa shape index (κ2) is 12.5.